The van der Waals surface area contributed by atoms with Gasteiger partial charge in [0.1, 0.15) is 4.90 Å². The molecule has 0 aromatic heterocycles. The van der Waals surface area contributed by atoms with Crippen molar-refractivity contribution in [2.75, 3.05) is 0 Å². The third-order valence-corrected chi connectivity index (χ3v) is 4.03. The second kappa shape index (κ2) is 4.37. The van der Waals surface area contributed by atoms with E-state index in [1.165, 1.54) is 6.07 Å². The molecule has 0 aliphatic heterocycles. The Balaban J connectivity index is 0.00000108. The van der Waals surface area contributed by atoms with Crippen LogP contribution in [0.3, 0.4) is 0 Å². The van der Waals surface area contributed by atoms with Gasteiger partial charge < -0.3 is 0 Å². The Hall–Kier alpha value is -0.390. The maximum absolute atomic E-state index is 11.2. The molecule has 0 atom stereocenters. The average Bonchev–Trinajstić information content (AvgIpc) is 2.63. The van der Waals surface area contributed by atoms with Crippen LogP contribution in [0.5, 0.6) is 0 Å². The predicted molar refractivity (Wildman–Crippen MR) is 68.3 cm³/mol. The van der Waals surface area contributed by atoms with Crippen LogP contribution in [0, 0.1) is 0 Å². The van der Waals surface area contributed by atoms with Crippen molar-refractivity contribution in [3.05, 3.63) is 41.5 Å². The molecular formula is C12H11NaO3S. The van der Waals surface area contributed by atoms with Crippen LogP contribution in [0.15, 0.2) is 35.2 Å². The number of aryl methyl sites for hydroxylation is 2. The monoisotopic (exact) mass is 258 g/mol. The first-order chi connectivity index (χ1) is 7.57. The Kier molecular flexibility index (Phi) is 3.36. The van der Waals surface area contributed by atoms with Gasteiger partial charge in [0.05, 0.1) is 0 Å². The van der Waals surface area contributed by atoms with E-state index in [1.54, 1.807) is 12.1 Å². The van der Waals surface area contributed by atoms with Gasteiger partial charge in [-0.05, 0) is 35.4 Å². The SMILES string of the molecule is O=S(=O)(O)c1ccc2c3c(cccc13)CC2.[NaH]. The molecule has 3 nitrogen and oxygen atoms in total. The summed E-state index contributed by atoms with van der Waals surface area (Å²) in [5.41, 5.74) is 2.33. The van der Waals surface area contributed by atoms with E-state index in [2.05, 4.69) is 0 Å². The van der Waals surface area contributed by atoms with Crippen molar-refractivity contribution in [1.29, 1.82) is 0 Å². The second-order valence-electron chi connectivity index (χ2n) is 4.04. The van der Waals surface area contributed by atoms with Crippen molar-refractivity contribution in [3.63, 3.8) is 0 Å². The number of hydrogen-bond donors (Lipinski definition) is 1. The van der Waals surface area contributed by atoms with Crippen molar-refractivity contribution in [2.45, 2.75) is 17.7 Å². The molecule has 84 valence electrons. The molecule has 0 heterocycles. The van der Waals surface area contributed by atoms with Crippen LogP contribution in [0.1, 0.15) is 11.1 Å². The van der Waals surface area contributed by atoms with Crippen molar-refractivity contribution in [2.24, 2.45) is 0 Å². The van der Waals surface area contributed by atoms with Crippen molar-refractivity contribution < 1.29 is 13.0 Å². The fraction of sp³-hybridized carbons (Fsp3) is 0.167. The summed E-state index contributed by atoms with van der Waals surface area (Å²) >= 11 is 0. The van der Waals surface area contributed by atoms with Gasteiger partial charge in [0.15, 0.2) is 0 Å². The van der Waals surface area contributed by atoms with E-state index in [9.17, 15) is 8.42 Å². The quantitative estimate of drug-likeness (QED) is 0.623. The van der Waals surface area contributed by atoms with E-state index in [1.807, 2.05) is 12.1 Å². The zero-order valence-electron chi connectivity index (χ0n) is 8.47. The van der Waals surface area contributed by atoms with Crippen molar-refractivity contribution in [1.82, 2.24) is 0 Å². The topological polar surface area (TPSA) is 54.4 Å². The van der Waals surface area contributed by atoms with Crippen LogP contribution in [0.2, 0.25) is 0 Å². The third kappa shape index (κ3) is 2.04. The van der Waals surface area contributed by atoms with Gasteiger partial charge in [-0.25, -0.2) is 0 Å². The molecule has 0 bridgehead atoms. The van der Waals surface area contributed by atoms with E-state index >= 15 is 0 Å². The van der Waals surface area contributed by atoms with Gasteiger partial charge in [-0.15, -0.1) is 0 Å². The first-order valence-corrected chi connectivity index (χ1v) is 6.52. The molecule has 0 unspecified atom stereocenters. The van der Waals surface area contributed by atoms with E-state index < -0.39 is 10.1 Å². The molecule has 0 spiro atoms. The van der Waals surface area contributed by atoms with Gasteiger partial charge >= 0.3 is 29.6 Å². The number of benzene rings is 2. The van der Waals surface area contributed by atoms with E-state index in [-0.39, 0.29) is 34.5 Å². The van der Waals surface area contributed by atoms with Crippen LogP contribution in [-0.4, -0.2) is 42.5 Å². The van der Waals surface area contributed by atoms with Gasteiger partial charge in [-0.1, -0.05) is 24.3 Å². The van der Waals surface area contributed by atoms with E-state index in [0.29, 0.717) is 5.39 Å². The summed E-state index contributed by atoms with van der Waals surface area (Å²) in [6.45, 7) is 0. The van der Waals surface area contributed by atoms with Gasteiger partial charge in [0.2, 0.25) is 0 Å². The molecule has 0 amide bonds. The molecule has 17 heavy (non-hydrogen) atoms. The van der Waals surface area contributed by atoms with Crippen LogP contribution in [0.4, 0.5) is 0 Å². The molecule has 0 saturated carbocycles. The van der Waals surface area contributed by atoms with Gasteiger partial charge in [0.25, 0.3) is 10.1 Å². The van der Waals surface area contributed by atoms with Gasteiger partial charge in [-0.2, -0.15) is 8.42 Å². The molecular weight excluding hydrogens is 247 g/mol. The normalized spacial score (nSPS) is 13.7. The Morgan fingerprint density at radius 1 is 1.00 bits per heavy atom. The Morgan fingerprint density at radius 3 is 2.29 bits per heavy atom. The average molecular weight is 258 g/mol. The Labute approximate surface area is 122 Å². The Bertz CT molecular complexity index is 682. The zero-order chi connectivity index (χ0) is 11.3. The first-order valence-electron chi connectivity index (χ1n) is 5.08. The van der Waals surface area contributed by atoms with Crippen LogP contribution in [0.25, 0.3) is 10.8 Å². The number of hydrogen-bond acceptors (Lipinski definition) is 2. The summed E-state index contributed by atoms with van der Waals surface area (Å²) in [5.74, 6) is 0. The molecule has 0 saturated heterocycles. The maximum atomic E-state index is 11.2. The van der Waals surface area contributed by atoms with Crippen LogP contribution in [-0.2, 0) is 23.0 Å². The number of rotatable bonds is 1. The summed E-state index contributed by atoms with van der Waals surface area (Å²) in [5, 5.41) is 1.63. The molecule has 0 radical (unpaired) electrons. The summed E-state index contributed by atoms with van der Waals surface area (Å²) < 4.78 is 31.7. The zero-order valence-corrected chi connectivity index (χ0v) is 9.29. The first kappa shape index (κ1) is 13.1. The minimum atomic E-state index is -4.14. The van der Waals surface area contributed by atoms with Crippen molar-refractivity contribution >= 4 is 50.4 Å². The molecule has 3 rings (SSSR count). The van der Waals surface area contributed by atoms with Crippen molar-refractivity contribution in [3.8, 4) is 0 Å². The van der Waals surface area contributed by atoms with E-state index in [0.717, 1.165) is 29.4 Å². The predicted octanol–water partition coefficient (Wildman–Crippen LogP) is 1.54. The fourth-order valence-electron chi connectivity index (χ4n) is 2.45. The Morgan fingerprint density at radius 2 is 1.65 bits per heavy atom. The standard InChI is InChI=1S/C12H10O3S.Na.H/c13-16(14,15)11-7-6-9-5-4-8-2-1-3-10(11)12(8)9;;/h1-3,6-7H,4-5H2,(H,13,14,15);;. The van der Waals surface area contributed by atoms with Gasteiger partial charge in [-0.3, -0.25) is 4.55 Å². The molecule has 2 aromatic carbocycles. The molecule has 0 fully saturated rings. The summed E-state index contributed by atoms with van der Waals surface area (Å²) in [7, 11) is -4.14. The molecule has 2 aromatic rings. The summed E-state index contributed by atoms with van der Waals surface area (Å²) in [6, 6.07) is 8.87. The van der Waals surface area contributed by atoms with Crippen LogP contribution >= 0.6 is 0 Å². The molecule has 1 aliphatic rings. The van der Waals surface area contributed by atoms with E-state index in [4.69, 9.17) is 4.55 Å². The van der Waals surface area contributed by atoms with Crippen LogP contribution < -0.4 is 0 Å². The molecule has 1 N–H and O–H groups in total. The summed E-state index contributed by atoms with van der Waals surface area (Å²) in [4.78, 5) is 0.00926. The third-order valence-electron chi connectivity index (χ3n) is 3.11. The minimum absolute atomic E-state index is 0. The fourth-order valence-corrected chi connectivity index (χ4v) is 3.13. The molecule has 1 aliphatic carbocycles. The second-order valence-corrected chi connectivity index (χ2v) is 5.43. The molecule has 5 heteroatoms. The van der Waals surface area contributed by atoms with Gasteiger partial charge in [0, 0.05) is 5.39 Å². The summed E-state index contributed by atoms with van der Waals surface area (Å²) in [6.07, 6.45) is 1.89.